The maximum Gasteiger partial charge on any atom is 1.00 e. The van der Waals surface area contributed by atoms with Crippen molar-refractivity contribution in [1.82, 2.24) is 0 Å². The molecule has 0 atom stereocenters. The summed E-state index contributed by atoms with van der Waals surface area (Å²) < 4.78 is 19.8. The second-order valence-electron chi connectivity index (χ2n) is 15.3. The van der Waals surface area contributed by atoms with Crippen LogP contribution >= 0.6 is 0 Å². The standard InChI is InChI=1S/C26H41N2Si.4C4H8O.Na/c1-17(2)21-13-11-14-22(18(3)4)25(21)27-29(9,10)28-26-23(19(5)6)15-12-16-24(26)20(7)8;4*1-2-4-5-3-1;/h11-20,27H,1-10H3;4*1-4H2;/q-1;;;;;+1. The second kappa shape index (κ2) is 26.8. The van der Waals surface area contributed by atoms with Crippen molar-refractivity contribution in [2.75, 3.05) is 57.8 Å². The summed E-state index contributed by atoms with van der Waals surface area (Å²) in [6, 6.07) is 13.4. The molecule has 8 heteroatoms. The summed E-state index contributed by atoms with van der Waals surface area (Å²) in [4.78, 5) is 9.43. The number of nitrogens with zero attached hydrogens (tertiary/aromatic N) is 1. The van der Waals surface area contributed by atoms with E-state index in [9.17, 15) is 0 Å². The molecular weight excluding hydrogens is 648 g/mol. The Hall–Kier alpha value is -0.903. The number of ether oxygens (including phenoxy) is 4. The Morgan fingerprint density at radius 2 is 0.740 bits per heavy atom. The fraction of sp³-hybridized carbons (Fsp3) is 0.714. The maximum absolute atomic E-state index is 5.46. The molecule has 6 rings (SSSR count). The monoisotopic (exact) mass is 721 g/mol. The minimum Gasteiger partial charge on any atom is -0.670 e. The smallest absolute Gasteiger partial charge is 0.670 e. The molecule has 2 aromatic rings. The topological polar surface area (TPSA) is 63.1 Å². The van der Waals surface area contributed by atoms with E-state index >= 15 is 0 Å². The van der Waals surface area contributed by atoms with Crippen molar-refractivity contribution in [2.45, 2.75) is 144 Å². The van der Waals surface area contributed by atoms with Crippen molar-refractivity contribution in [3.63, 3.8) is 0 Å². The summed E-state index contributed by atoms with van der Waals surface area (Å²) >= 11 is 0. The van der Waals surface area contributed by atoms with Crippen molar-refractivity contribution in [2.24, 2.45) is 0 Å². The molecule has 2 aromatic carbocycles. The summed E-state index contributed by atoms with van der Waals surface area (Å²) in [7, 11) is -2.12. The molecule has 0 radical (unpaired) electrons. The predicted molar refractivity (Wildman–Crippen MR) is 214 cm³/mol. The van der Waals surface area contributed by atoms with Gasteiger partial charge in [-0.05, 0) is 86.2 Å². The van der Waals surface area contributed by atoms with Gasteiger partial charge in [0.2, 0.25) is 0 Å². The van der Waals surface area contributed by atoms with Gasteiger partial charge in [-0.1, -0.05) is 116 Å². The minimum atomic E-state index is -2.12. The third-order valence-corrected chi connectivity index (χ3v) is 10.5. The molecule has 4 aliphatic rings. The van der Waals surface area contributed by atoms with E-state index in [1.807, 2.05) is 0 Å². The molecule has 4 fully saturated rings. The first-order chi connectivity index (χ1) is 23.4. The molecule has 0 spiro atoms. The van der Waals surface area contributed by atoms with Crippen molar-refractivity contribution in [3.8, 4) is 0 Å². The summed E-state index contributed by atoms with van der Waals surface area (Å²) in [6.07, 6.45) is 10.2. The molecule has 4 aliphatic heterocycles. The quantitative estimate of drug-likeness (QED) is 0.276. The number of hydrogen-bond donors (Lipinski definition) is 1. The molecular formula is C42H73N2NaO4Si. The van der Waals surface area contributed by atoms with E-state index < -0.39 is 8.40 Å². The number of para-hydroxylation sites is 1. The molecule has 0 aromatic heterocycles. The van der Waals surface area contributed by atoms with Crippen molar-refractivity contribution >= 4 is 19.8 Å². The van der Waals surface area contributed by atoms with Crippen LogP contribution in [0, 0.1) is 0 Å². The predicted octanol–water partition coefficient (Wildman–Crippen LogP) is 9.19. The van der Waals surface area contributed by atoms with E-state index in [-0.39, 0.29) is 29.6 Å². The average Bonchev–Trinajstić information content (AvgIpc) is 3.92. The van der Waals surface area contributed by atoms with Gasteiger partial charge >= 0.3 is 29.6 Å². The Kier molecular flexibility index (Phi) is 25.3. The first-order valence-electron chi connectivity index (χ1n) is 19.5. The third kappa shape index (κ3) is 18.7. The largest absolute Gasteiger partial charge is 1.00 e. The molecule has 0 bridgehead atoms. The van der Waals surface area contributed by atoms with Crippen LogP contribution in [-0.4, -0.2) is 61.3 Å². The van der Waals surface area contributed by atoms with E-state index in [4.69, 9.17) is 23.9 Å². The van der Waals surface area contributed by atoms with Crippen LogP contribution < -0.4 is 34.5 Å². The van der Waals surface area contributed by atoms with Gasteiger partial charge in [0.1, 0.15) is 0 Å². The summed E-state index contributed by atoms with van der Waals surface area (Å²) in [5, 5.41) is 0. The van der Waals surface area contributed by atoms with E-state index in [1.165, 1.54) is 85.0 Å². The molecule has 0 aliphatic carbocycles. The van der Waals surface area contributed by atoms with Crippen LogP contribution in [0.5, 0.6) is 0 Å². The average molecular weight is 721 g/mol. The van der Waals surface area contributed by atoms with Gasteiger partial charge in [-0.15, -0.1) is 5.69 Å². The fourth-order valence-corrected chi connectivity index (χ4v) is 7.76. The van der Waals surface area contributed by atoms with Gasteiger partial charge in [0.15, 0.2) is 0 Å². The van der Waals surface area contributed by atoms with Crippen LogP contribution in [0.25, 0.3) is 4.98 Å². The number of hydrogen-bond acceptors (Lipinski definition) is 5. The van der Waals surface area contributed by atoms with Crippen LogP contribution in [0.1, 0.15) is 153 Å². The van der Waals surface area contributed by atoms with E-state index in [0.29, 0.717) is 23.7 Å². The molecule has 0 unspecified atom stereocenters. The molecule has 50 heavy (non-hydrogen) atoms. The Balaban J connectivity index is 0.000000468. The Labute approximate surface area is 331 Å². The van der Waals surface area contributed by atoms with Crippen molar-refractivity contribution in [3.05, 3.63) is 63.6 Å². The van der Waals surface area contributed by atoms with Crippen LogP contribution in [0.15, 0.2) is 36.4 Å². The third-order valence-electron chi connectivity index (χ3n) is 8.85. The van der Waals surface area contributed by atoms with Gasteiger partial charge in [0.25, 0.3) is 0 Å². The van der Waals surface area contributed by atoms with Crippen LogP contribution in [0.3, 0.4) is 0 Å². The van der Waals surface area contributed by atoms with Gasteiger partial charge in [-0.25, -0.2) is 0 Å². The van der Waals surface area contributed by atoms with E-state index in [2.05, 4.69) is 110 Å². The van der Waals surface area contributed by atoms with E-state index in [1.54, 1.807) is 0 Å². The van der Waals surface area contributed by atoms with Crippen molar-refractivity contribution < 1.29 is 48.5 Å². The van der Waals surface area contributed by atoms with Gasteiger partial charge < -0.3 is 28.9 Å². The number of anilines is 1. The molecule has 6 nitrogen and oxygen atoms in total. The van der Waals surface area contributed by atoms with Gasteiger partial charge in [-0.2, -0.15) is 0 Å². The maximum atomic E-state index is 5.46. The molecule has 0 saturated carbocycles. The number of benzene rings is 2. The molecule has 1 N–H and O–H groups in total. The molecule has 4 saturated heterocycles. The SMILES string of the molecule is C1CCOC1.C1CCOC1.C1CCOC1.C1CCOC1.CC(C)c1cccc(C(C)C)c1[N-][Si](C)(C)Nc1c(C(C)C)cccc1C(C)C.[Na+]. The zero-order valence-corrected chi connectivity index (χ0v) is 37.2. The van der Waals surface area contributed by atoms with Crippen LogP contribution in [0.2, 0.25) is 13.1 Å². The van der Waals surface area contributed by atoms with E-state index in [0.717, 1.165) is 52.9 Å². The zero-order valence-electron chi connectivity index (χ0n) is 34.2. The van der Waals surface area contributed by atoms with Crippen molar-refractivity contribution in [1.29, 1.82) is 0 Å². The minimum absolute atomic E-state index is 0. The Bertz CT molecular complexity index is 952. The normalized spacial score (nSPS) is 16.8. The summed E-state index contributed by atoms with van der Waals surface area (Å²) in [5.41, 5.74) is 8.04. The Morgan fingerprint density at radius 3 is 0.960 bits per heavy atom. The first kappa shape index (κ1) is 47.1. The van der Waals surface area contributed by atoms with Gasteiger partial charge in [-0.3, -0.25) is 0 Å². The summed E-state index contributed by atoms with van der Waals surface area (Å²) in [5.74, 6) is 1.89. The summed E-state index contributed by atoms with van der Waals surface area (Å²) in [6.45, 7) is 30.9. The molecule has 4 heterocycles. The number of rotatable bonds is 8. The molecule has 0 amide bonds. The second-order valence-corrected chi connectivity index (χ2v) is 18.9. The van der Waals surface area contributed by atoms with Crippen LogP contribution in [0.4, 0.5) is 11.4 Å². The first-order valence-corrected chi connectivity index (χ1v) is 22.5. The zero-order chi connectivity index (χ0) is 36.1. The number of nitrogens with one attached hydrogen (secondary N) is 1. The Morgan fingerprint density at radius 1 is 0.480 bits per heavy atom. The van der Waals surface area contributed by atoms with Gasteiger partial charge in [0.05, 0.1) is 8.40 Å². The fourth-order valence-electron chi connectivity index (χ4n) is 5.99. The van der Waals surface area contributed by atoms with Crippen LogP contribution in [-0.2, 0) is 18.9 Å². The molecule has 280 valence electrons. The van der Waals surface area contributed by atoms with Gasteiger partial charge in [0, 0.05) is 58.5 Å².